The fourth-order valence-corrected chi connectivity index (χ4v) is 2.39. The Labute approximate surface area is 152 Å². The van der Waals surface area contributed by atoms with Crippen molar-refractivity contribution in [2.45, 2.75) is 6.54 Å². The van der Waals surface area contributed by atoms with Crippen LogP contribution in [0.15, 0.2) is 48.5 Å². The molecule has 0 fully saturated rings. The number of rotatable bonds is 7. The van der Waals surface area contributed by atoms with Gasteiger partial charge in [0, 0.05) is 18.5 Å². The van der Waals surface area contributed by atoms with E-state index in [2.05, 4.69) is 20.6 Å². The average Bonchev–Trinajstić information content (AvgIpc) is 2.64. The van der Waals surface area contributed by atoms with E-state index in [1.807, 2.05) is 48.5 Å². The van der Waals surface area contributed by atoms with Gasteiger partial charge in [-0.2, -0.15) is 4.98 Å². The summed E-state index contributed by atoms with van der Waals surface area (Å²) in [6, 6.07) is 15.6. The van der Waals surface area contributed by atoms with Crippen molar-refractivity contribution in [3.63, 3.8) is 0 Å². The molecule has 25 heavy (non-hydrogen) atoms. The fraction of sp³-hybridized carbons (Fsp3) is 0.222. The Kier molecular flexibility index (Phi) is 6.80. The number of halogens is 1. The lowest BCUT2D eigenvalue weighted by atomic mass is 10.2. The molecule has 1 heterocycles. The van der Waals surface area contributed by atoms with Crippen LogP contribution in [0, 0.1) is 0 Å². The molecule has 0 radical (unpaired) electrons. The minimum atomic E-state index is 0. The van der Waals surface area contributed by atoms with Crippen LogP contribution in [0.2, 0.25) is 0 Å². The van der Waals surface area contributed by atoms with Crippen molar-refractivity contribution < 1.29 is 9.84 Å². The van der Waals surface area contributed by atoms with Crippen LogP contribution in [-0.2, 0) is 6.54 Å². The predicted molar refractivity (Wildman–Crippen MR) is 103 cm³/mol. The Morgan fingerprint density at radius 1 is 1.00 bits per heavy atom. The van der Waals surface area contributed by atoms with E-state index in [9.17, 15) is 0 Å². The third-order valence-electron chi connectivity index (χ3n) is 3.62. The number of aliphatic hydroxyl groups excluding tert-OH is 1. The van der Waals surface area contributed by atoms with Crippen molar-refractivity contribution in [3.8, 4) is 5.75 Å². The van der Waals surface area contributed by atoms with Gasteiger partial charge in [-0.1, -0.05) is 24.3 Å². The van der Waals surface area contributed by atoms with Gasteiger partial charge in [0.05, 0.1) is 19.2 Å². The predicted octanol–water partition coefficient (Wildman–Crippen LogP) is 3.08. The van der Waals surface area contributed by atoms with E-state index in [1.165, 1.54) is 0 Å². The first-order valence-electron chi connectivity index (χ1n) is 7.78. The second-order valence-electron chi connectivity index (χ2n) is 5.26. The number of fused-ring (bicyclic) bond motifs is 1. The van der Waals surface area contributed by atoms with Crippen LogP contribution in [0.5, 0.6) is 5.75 Å². The van der Waals surface area contributed by atoms with Gasteiger partial charge >= 0.3 is 0 Å². The molecule has 0 aliphatic rings. The molecule has 0 atom stereocenters. The number of aromatic nitrogens is 2. The molecule has 0 unspecified atom stereocenters. The summed E-state index contributed by atoms with van der Waals surface area (Å²) < 4.78 is 5.16. The fourth-order valence-electron chi connectivity index (χ4n) is 2.39. The summed E-state index contributed by atoms with van der Waals surface area (Å²) in [7, 11) is 1.65. The van der Waals surface area contributed by atoms with E-state index in [-0.39, 0.29) is 19.0 Å². The molecule has 0 aliphatic heterocycles. The number of hydrogen-bond acceptors (Lipinski definition) is 6. The molecule has 2 aromatic carbocycles. The monoisotopic (exact) mass is 360 g/mol. The van der Waals surface area contributed by atoms with Gasteiger partial charge in [-0.3, -0.25) is 0 Å². The zero-order valence-corrected chi connectivity index (χ0v) is 14.7. The molecule has 0 amide bonds. The number of para-hydroxylation sites is 1. The maximum atomic E-state index is 9.03. The van der Waals surface area contributed by atoms with E-state index >= 15 is 0 Å². The molecular weight excluding hydrogens is 340 g/mol. The molecule has 3 N–H and O–H groups in total. The lowest BCUT2D eigenvalue weighted by Crippen LogP contribution is -2.10. The van der Waals surface area contributed by atoms with E-state index in [1.54, 1.807) is 7.11 Å². The van der Waals surface area contributed by atoms with Crippen molar-refractivity contribution in [1.82, 2.24) is 9.97 Å². The normalized spacial score (nSPS) is 10.2. The number of hydrogen-bond donors (Lipinski definition) is 3. The molecule has 0 aliphatic carbocycles. The second kappa shape index (κ2) is 9.05. The maximum absolute atomic E-state index is 9.03. The number of aliphatic hydroxyl groups is 1. The van der Waals surface area contributed by atoms with Gasteiger partial charge < -0.3 is 20.5 Å². The van der Waals surface area contributed by atoms with Crippen molar-refractivity contribution in [2.75, 3.05) is 30.9 Å². The summed E-state index contributed by atoms with van der Waals surface area (Å²) in [6.45, 7) is 1.10. The lowest BCUT2D eigenvalue weighted by molar-refractivity contribution is 0.311. The summed E-state index contributed by atoms with van der Waals surface area (Å²) in [6.07, 6.45) is 0. The molecule has 0 bridgehead atoms. The van der Waals surface area contributed by atoms with Crippen molar-refractivity contribution in [2.24, 2.45) is 0 Å². The van der Waals surface area contributed by atoms with Crippen molar-refractivity contribution in [1.29, 1.82) is 0 Å². The minimum Gasteiger partial charge on any atom is -0.497 e. The number of nitrogens with one attached hydrogen (secondary N) is 2. The Morgan fingerprint density at radius 3 is 2.48 bits per heavy atom. The molecule has 0 saturated carbocycles. The van der Waals surface area contributed by atoms with Crippen LogP contribution in [0.1, 0.15) is 5.56 Å². The van der Waals surface area contributed by atoms with Crippen molar-refractivity contribution in [3.05, 3.63) is 54.1 Å². The Morgan fingerprint density at radius 2 is 1.76 bits per heavy atom. The first kappa shape index (κ1) is 18.8. The van der Waals surface area contributed by atoms with Gasteiger partial charge in [0.15, 0.2) is 0 Å². The number of ether oxygens (including phenoxy) is 1. The SMILES string of the molecule is COc1ccc(CNc2nc(NCCO)c3ccccc3n2)cc1.Cl. The minimum absolute atomic E-state index is 0. The van der Waals surface area contributed by atoms with E-state index in [4.69, 9.17) is 9.84 Å². The molecule has 3 rings (SSSR count). The largest absolute Gasteiger partial charge is 0.497 e. The van der Waals surface area contributed by atoms with Gasteiger partial charge in [0.25, 0.3) is 0 Å². The standard InChI is InChI=1S/C18H20N4O2.ClH/c1-24-14-8-6-13(7-9-14)12-20-18-21-16-5-3-2-4-15(16)17(22-18)19-10-11-23;/h2-9,23H,10-12H2,1H3,(H2,19,20,21,22);1H. The highest BCUT2D eigenvalue weighted by molar-refractivity contribution is 5.90. The van der Waals surface area contributed by atoms with Crippen LogP contribution >= 0.6 is 12.4 Å². The summed E-state index contributed by atoms with van der Waals surface area (Å²) in [5.74, 6) is 2.09. The molecule has 6 nitrogen and oxygen atoms in total. The highest BCUT2D eigenvalue weighted by Crippen LogP contribution is 2.22. The quantitative estimate of drug-likeness (QED) is 0.601. The number of nitrogens with zero attached hydrogens (tertiary/aromatic N) is 2. The highest BCUT2D eigenvalue weighted by Gasteiger charge is 2.07. The Hall–Kier alpha value is -2.57. The highest BCUT2D eigenvalue weighted by atomic mass is 35.5. The first-order valence-corrected chi connectivity index (χ1v) is 7.78. The van der Waals surface area contributed by atoms with E-state index in [0.717, 1.165) is 22.2 Å². The summed E-state index contributed by atoms with van der Waals surface area (Å²) >= 11 is 0. The topological polar surface area (TPSA) is 79.3 Å². The summed E-state index contributed by atoms with van der Waals surface area (Å²) in [5, 5.41) is 16.3. The molecule has 7 heteroatoms. The van der Waals surface area contributed by atoms with E-state index < -0.39 is 0 Å². The Bertz CT molecular complexity index is 812. The number of anilines is 2. The van der Waals surface area contributed by atoms with Crippen LogP contribution in [-0.4, -0.2) is 35.3 Å². The van der Waals surface area contributed by atoms with Gasteiger partial charge in [0.1, 0.15) is 11.6 Å². The molecule has 0 spiro atoms. The molecule has 1 aromatic heterocycles. The third-order valence-corrected chi connectivity index (χ3v) is 3.62. The van der Waals surface area contributed by atoms with Crippen LogP contribution < -0.4 is 15.4 Å². The van der Waals surface area contributed by atoms with Crippen LogP contribution in [0.3, 0.4) is 0 Å². The first-order chi connectivity index (χ1) is 11.8. The van der Waals surface area contributed by atoms with Gasteiger partial charge in [-0.15, -0.1) is 12.4 Å². The number of methoxy groups -OCH3 is 1. The van der Waals surface area contributed by atoms with Crippen LogP contribution in [0.4, 0.5) is 11.8 Å². The molecule has 3 aromatic rings. The average molecular weight is 361 g/mol. The molecule has 0 saturated heterocycles. The number of benzene rings is 2. The second-order valence-corrected chi connectivity index (χ2v) is 5.26. The Balaban J connectivity index is 0.00000225. The van der Waals surface area contributed by atoms with Gasteiger partial charge in [-0.25, -0.2) is 4.98 Å². The molecular formula is C18H21ClN4O2. The maximum Gasteiger partial charge on any atom is 0.225 e. The van der Waals surface area contributed by atoms with Crippen LogP contribution in [0.25, 0.3) is 10.9 Å². The van der Waals surface area contributed by atoms with Gasteiger partial charge in [-0.05, 0) is 29.8 Å². The smallest absolute Gasteiger partial charge is 0.225 e. The van der Waals surface area contributed by atoms with Gasteiger partial charge in [0.2, 0.25) is 5.95 Å². The van der Waals surface area contributed by atoms with Crippen molar-refractivity contribution >= 4 is 35.1 Å². The summed E-state index contributed by atoms with van der Waals surface area (Å²) in [4.78, 5) is 9.06. The third kappa shape index (κ3) is 4.71. The molecule has 132 valence electrons. The zero-order chi connectivity index (χ0) is 16.8. The van der Waals surface area contributed by atoms with E-state index in [0.29, 0.717) is 24.9 Å². The lowest BCUT2D eigenvalue weighted by Gasteiger charge is -2.11. The summed E-state index contributed by atoms with van der Waals surface area (Å²) in [5.41, 5.74) is 1.96. The zero-order valence-electron chi connectivity index (χ0n) is 13.9.